The van der Waals surface area contributed by atoms with Gasteiger partial charge in [0.2, 0.25) is 0 Å². The Hall–Kier alpha value is -0.120. The predicted molar refractivity (Wildman–Crippen MR) is 57.4 cm³/mol. The van der Waals surface area contributed by atoms with E-state index >= 15 is 0 Å². The van der Waals surface area contributed by atoms with E-state index in [0.717, 1.165) is 6.61 Å². The third-order valence-corrected chi connectivity index (χ3v) is 3.39. The van der Waals surface area contributed by atoms with Crippen molar-refractivity contribution < 1.29 is 9.84 Å². The van der Waals surface area contributed by atoms with Gasteiger partial charge in [-0.05, 0) is 45.7 Å². The van der Waals surface area contributed by atoms with Crippen LogP contribution in [0.3, 0.4) is 0 Å². The van der Waals surface area contributed by atoms with Gasteiger partial charge in [-0.2, -0.15) is 0 Å². The molecule has 2 rings (SSSR count). The van der Waals surface area contributed by atoms with E-state index in [1.165, 1.54) is 38.8 Å². The van der Waals surface area contributed by atoms with Crippen molar-refractivity contribution in [1.82, 2.24) is 4.90 Å². The molecule has 1 N–H and O–H groups in total. The molecule has 0 radical (unpaired) electrons. The van der Waals surface area contributed by atoms with Crippen LogP contribution in [0.25, 0.3) is 0 Å². The average molecular weight is 201 g/mol. The fourth-order valence-corrected chi connectivity index (χ4v) is 2.48. The Kier molecular flexibility index (Phi) is 4.85. The molecule has 0 aromatic rings. The zero-order valence-corrected chi connectivity index (χ0v) is 9.46. The second-order valence-corrected chi connectivity index (χ2v) is 4.15. The zero-order valence-electron chi connectivity index (χ0n) is 9.46. The molecule has 0 amide bonds. The Labute approximate surface area is 87.1 Å². The third-order valence-electron chi connectivity index (χ3n) is 3.39. The fourth-order valence-electron chi connectivity index (χ4n) is 2.48. The molecular weight excluding hydrogens is 178 g/mol. The number of ether oxygens (including phenoxy) is 1. The van der Waals surface area contributed by atoms with Gasteiger partial charge >= 0.3 is 0 Å². The Bertz CT molecular complexity index is 149. The normalized spacial score (nSPS) is 24.2. The summed E-state index contributed by atoms with van der Waals surface area (Å²) in [6.45, 7) is 5.61. The quantitative estimate of drug-likeness (QED) is 0.730. The minimum absolute atomic E-state index is 0.236. The fraction of sp³-hybridized carbons (Fsp3) is 1.00. The second-order valence-electron chi connectivity index (χ2n) is 4.15. The minimum atomic E-state index is 0.236. The molecular formula is C11H23NO2. The molecule has 0 unspecified atom stereocenters. The summed E-state index contributed by atoms with van der Waals surface area (Å²) in [6.07, 6.45) is 5.04. The standard InChI is InChI=1S/C8H15NO.C3H8O/c10-7-8-3-1-5-9(8)6-2-4-8;1-3-4-2/h10H,1-7H2;3H2,1-2H3. The van der Waals surface area contributed by atoms with Crippen molar-refractivity contribution in [2.45, 2.75) is 38.1 Å². The van der Waals surface area contributed by atoms with Gasteiger partial charge in [-0.1, -0.05) is 0 Å². The summed E-state index contributed by atoms with van der Waals surface area (Å²) in [6, 6.07) is 0. The van der Waals surface area contributed by atoms with E-state index in [4.69, 9.17) is 0 Å². The highest BCUT2D eigenvalue weighted by molar-refractivity contribution is 4.99. The van der Waals surface area contributed by atoms with Crippen molar-refractivity contribution in [3.05, 3.63) is 0 Å². The molecule has 0 aromatic carbocycles. The van der Waals surface area contributed by atoms with Crippen molar-refractivity contribution >= 4 is 0 Å². The molecule has 2 aliphatic heterocycles. The van der Waals surface area contributed by atoms with Crippen LogP contribution in [0.2, 0.25) is 0 Å². The summed E-state index contributed by atoms with van der Waals surface area (Å²) in [5.74, 6) is 0. The van der Waals surface area contributed by atoms with Gasteiger partial charge in [0, 0.05) is 19.3 Å². The highest BCUT2D eigenvalue weighted by Gasteiger charge is 2.43. The molecule has 0 bridgehead atoms. The SMILES string of the molecule is CCOC.OCC12CCCN1CCC2. The highest BCUT2D eigenvalue weighted by atomic mass is 16.5. The smallest absolute Gasteiger partial charge is 0.0615 e. The first-order chi connectivity index (χ1) is 6.79. The molecule has 84 valence electrons. The van der Waals surface area contributed by atoms with E-state index in [-0.39, 0.29) is 5.54 Å². The molecule has 0 aromatic heterocycles. The number of rotatable bonds is 2. The Morgan fingerprint density at radius 1 is 1.29 bits per heavy atom. The number of fused-ring (bicyclic) bond motifs is 1. The monoisotopic (exact) mass is 201 g/mol. The van der Waals surface area contributed by atoms with Crippen molar-refractivity contribution in [2.24, 2.45) is 0 Å². The number of aliphatic hydroxyl groups is 1. The van der Waals surface area contributed by atoms with E-state index in [9.17, 15) is 5.11 Å². The summed E-state index contributed by atoms with van der Waals surface area (Å²) in [7, 11) is 1.68. The molecule has 14 heavy (non-hydrogen) atoms. The van der Waals surface area contributed by atoms with Crippen molar-refractivity contribution in [3.63, 3.8) is 0 Å². The Morgan fingerprint density at radius 3 is 2.07 bits per heavy atom. The van der Waals surface area contributed by atoms with Gasteiger partial charge in [0.15, 0.2) is 0 Å². The summed E-state index contributed by atoms with van der Waals surface area (Å²) in [5, 5.41) is 9.19. The molecule has 3 heteroatoms. The molecule has 0 spiro atoms. The van der Waals surface area contributed by atoms with Crippen LogP contribution in [0.4, 0.5) is 0 Å². The van der Waals surface area contributed by atoms with Crippen LogP contribution >= 0.6 is 0 Å². The summed E-state index contributed by atoms with van der Waals surface area (Å²) < 4.78 is 4.54. The van der Waals surface area contributed by atoms with Gasteiger partial charge in [0.1, 0.15) is 0 Å². The maximum Gasteiger partial charge on any atom is 0.0615 e. The Balaban J connectivity index is 0.000000213. The van der Waals surface area contributed by atoms with E-state index in [2.05, 4.69) is 9.64 Å². The molecule has 2 saturated heterocycles. The van der Waals surface area contributed by atoms with Gasteiger partial charge in [-0.25, -0.2) is 0 Å². The summed E-state index contributed by atoms with van der Waals surface area (Å²) in [4.78, 5) is 2.47. The van der Waals surface area contributed by atoms with Crippen molar-refractivity contribution in [3.8, 4) is 0 Å². The van der Waals surface area contributed by atoms with Gasteiger partial charge in [-0.15, -0.1) is 0 Å². The third kappa shape index (κ3) is 2.47. The predicted octanol–water partition coefficient (Wildman–Crippen LogP) is 1.26. The van der Waals surface area contributed by atoms with Crippen LogP contribution in [0.1, 0.15) is 32.6 Å². The molecule has 0 aliphatic carbocycles. The van der Waals surface area contributed by atoms with Crippen LogP contribution in [0.15, 0.2) is 0 Å². The first-order valence-corrected chi connectivity index (χ1v) is 5.64. The van der Waals surface area contributed by atoms with Crippen LogP contribution in [-0.4, -0.2) is 49.0 Å². The van der Waals surface area contributed by atoms with E-state index in [0.29, 0.717) is 6.61 Å². The molecule has 2 fully saturated rings. The molecule has 3 nitrogen and oxygen atoms in total. The van der Waals surface area contributed by atoms with E-state index < -0.39 is 0 Å². The summed E-state index contributed by atoms with van der Waals surface area (Å²) in [5.41, 5.74) is 0.236. The molecule has 0 saturated carbocycles. The van der Waals surface area contributed by atoms with Gasteiger partial charge < -0.3 is 9.84 Å². The Morgan fingerprint density at radius 2 is 1.79 bits per heavy atom. The average Bonchev–Trinajstić information content (AvgIpc) is 2.76. The number of methoxy groups -OCH3 is 1. The van der Waals surface area contributed by atoms with E-state index in [1.54, 1.807) is 7.11 Å². The molecule has 2 heterocycles. The number of hydrogen-bond acceptors (Lipinski definition) is 3. The lowest BCUT2D eigenvalue weighted by molar-refractivity contribution is 0.0999. The van der Waals surface area contributed by atoms with Gasteiger partial charge in [-0.3, -0.25) is 4.90 Å². The van der Waals surface area contributed by atoms with Crippen molar-refractivity contribution in [2.75, 3.05) is 33.4 Å². The number of aliphatic hydroxyl groups excluding tert-OH is 1. The van der Waals surface area contributed by atoms with Gasteiger partial charge in [0.05, 0.1) is 6.61 Å². The van der Waals surface area contributed by atoms with Crippen LogP contribution < -0.4 is 0 Å². The van der Waals surface area contributed by atoms with Crippen LogP contribution in [0, 0.1) is 0 Å². The van der Waals surface area contributed by atoms with E-state index in [1.807, 2.05) is 6.92 Å². The topological polar surface area (TPSA) is 32.7 Å². The largest absolute Gasteiger partial charge is 0.394 e. The second kappa shape index (κ2) is 5.69. The van der Waals surface area contributed by atoms with Crippen LogP contribution in [0.5, 0.6) is 0 Å². The molecule has 2 aliphatic rings. The first-order valence-electron chi connectivity index (χ1n) is 5.64. The maximum atomic E-state index is 9.19. The minimum Gasteiger partial charge on any atom is -0.394 e. The van der Waals surface area contributed by atoms with Gasteiger partial charge in [0.25, 0.3) is 0 Å². The van der Waals surface area contributed by atoms with Crippen molar-refractivity contribution in [1.29, 1.82) is 0 Å². The summed E-state index contributed by atoms with van der Waals surface area (Å²) >= 11 is 0. The number of nitrogens with zero attached hydrogens (tertiary/aromatic N) is 1. The number of hydrogen-bond donors (Lipinski definition) is 1. The molecule has 0 atom stereocenters. The first kappa shape index (κ1) is 12.0. The lowest BCUT2D eigenvalue weighted by Crippen LogP contribution is -2.41. The van der Waals surface area contributed by atoms with Crippen LogP contribution in [-0.2, 0) is 4.74 Å². The zero-order chi connectivity index (χ0) is 10.4. The highest BCUT2D eigenvalue weighted by Crippen LogP contribution is 2.37. The lowest BCUT2D eigenvalue weighted by Gasteiger charge is -2.29. The maximum absolute atomic E-state index is 9.19. The lowest BCUT2D eigenvalue weighted by atomic mass is 9.96.